The summed E-state index contributed by atoms with van der Waals surface area (Å²) in [6.45, 7) is 6.11. The first-order valence-electron chi connectivity index (χ1n) is 10.4. The molecule has 8 heteroatoms. The van der Waals surface area contributed by atoms with Gasteiger partial charge in [0, 0.05) is 30.3 Å². The Bertz CT molecular complexity index is 786. The number of aliphatic hydroxyl groups excluding tert-OH is 1. The second kappa shape index (κ2) is 12.9. The van der Waals surface area contributed by atoms with Gasteiger partial charge in [0.2, 0.25) is 5.95 Å². The van der Waals surface area contributed by atoms with Gasteiger partial charge in [0.05, 0.1) is 26.9 Å². The van der Waals surface area contributed by atoms with Crippen molar-refractivity contribution in [2.24, 2.45) is 0 Å². The Labute approximate surface area is 178 Å². The van der Waals surface area contributed by atoms with Crippen LogP contribution < -0.4 is 20.5 Å². The van der Waals surface area contributed by atoms with Crippen molar-refractivity contribution in [2.75, 3.05) is 51.1 Å². The van der Waals surface area contributed by atoms with E-state index in [-0.39, 0.29) is 12.6 Å². The molecule has 0 atom stereocenters. The van der Waals surface area contributed by atoms with Crippen LogP contribution in [0, 0.1) is 6.92 Å². The molecule has 1 aromatic carbocycles. The molecule has 2 rings (SSSR count). The third-order valence-electron chi connectivity index (χ3n) is 4.66. The van der Waals surface area contributed by atoms with Crippen LogP contribution in [0.5, 0.6) is 11.5 Å². The number of aromatic nitrogens is 2. The summed E-state index contributed by atoms with van der Waals surface area (Å²) in [4.78, 5) is 8.77. The van der Waals surface area contributed by atoms with Crippen LogP contribution in [0.25, 0.3) is 0 Å². The van der Waals surface area contributed by atoms with Crippen molar-refractivity contribution in [3.63, 3.8) is 0 Å². The Morgan fingerprint density at radius 2 is 1.97 bits per heavy atom. The van der Waals surface area contributed by atoms with Gasteiger partial charge in [-0.1, -0.05) is 25.8 Å². The number of aliphatic hydroxyl groups is 1. The summed E-state index contributed by atoms with van der Waals surface area (Å²) in [6, 6.07) is 5.76. The van der Waals surface area contributed by atoms with Crippen LogP contribution >= 0.6 is 0 Å². The lowest BCUT2D eigenvalue weighted by Crippen LogP contribution is -2.12. The summed E-state index contributed by atoms with van der Waals surface area (Å²) in [6.07, 6.45) is 4.03. The van der Waals surface area contributed by atoms with Gasteiger partial charge in [-0.15, -0.1) is 0 Å². The molecule has 0 aliphatic heterocycles. The van der Waals surface area contributed by atoms with Crippen LogP contribution in [0.4, 0.5) is 11.8 Å². The third kappa shape index (κ3) is 7.35. The highest BCUT2D eigenvalue weighted by molar-refractivity contribution is 5.53. The molecule has 0 aliphatic rings. The lowest BCUT2D eigenvalue weighted by molar-refractivity contribution is 0.0704. The molecule has 0 saturated heterocycles. The first-order chi connectivity index (χ1) is 14.6. The predicted octanol–water partition coefficient (Wildman–Crippen LogP) is 2.96. The number of unbranched alkanes of at least 4 members (excludes halogenated alkanes) is 2. The van der Waals surface area contributed by atoms with Crippen molar-refractivity contribution in [2.45, 2.75) is 39.5 Å². The number of hydrogen-bond acceptors (Lipinski definition) is 8. The van der Waals surface area contributed by atoms with Gasteiger partial charge >= 0.3 is 0 Å². The van der Waals surface area contributed by atoms with Gasteiger partial charge in [0.1, 0.15) is 23.9 Å². The monoisotopic (exact) mass is 418 g/mol. The van der Waals surface area contributed by atoms with E-state index in [0.717, 1.165) is 41.4 Å². The molecule has 0 bridgehead atoms. The molecule has 0 spiro atoms. The number of aryl methyl sites for hydroxylation is 1. The Balaban J connectivity index is 2.12. The van der Waals surface area contributed by atoms with Gasteiger partial charge < -0.3 is 30.4 Å². The normalized spacial score (nSPS) is 10.8. The van der Waals surface area contributed by atoms with Crippen molar-refractivity contribution in [3.8, 4) is 11.5 Å². The highest BCUT2D eigenvalue weighted by atomic mass is 16.5. The fourth-order valence-electron chi connectivity index (χ4n) is 3.09. The van der Waals surface area contributed by atoms with Crippen LogP contribution in [0.3, 0.4) is 0 Å². The SMILES string of the molecule is CCCCCNc1nc(N)nc(C)c1Cc1ccc(OCCOCCO)cc1OC. The van der Waals surface area contributed by atoms with E-state index in [1.807, 2.05) is 25.1 Å². The Hall–Kier alpha value is -2.58. The number of benzene rings is 1. The molecule has 1 aromatic heterocycles. The van der Waals surface area contributed by atoms with Crippen molar-refractivity contribution < 1.29 is 19.3 Å². The number of ether oxygens (including phenoxy) is 3. The summed E-state index contributed by atoms with van der Waals surface area (Å²) >= 11 is 0. The smallest absolute Gasteiger partial charge is 0.222 e. The quantitative estimate of drug-likeness (QED) is 0.402. The largest absolute Gasteiger partial charge is 0.496 e. The minimum atomic E-state index is 0.00619. The molecule has 0 aliphatic carbocycles. The Morgan fingerprint density at radius 3 is 2.70 bits per heavy atom. The van der Waals surface area contributed by atoms with Gasteiger partial charge in [-0.05, 0) is 25.0 Å². The number of nitrogens with one attached hydrogen (secondary N) is 1. The molecule has 0 amide bonds. The second-order valence-electron chi connectivity index (χ2n) is 6.96. The van der Waals surface area contributed by atoms with Gasteiger partial charge in [-0.25, -0.2) is 4.98 Å². The second-order valence-corrected chi connectivity index (χ2v) is 6.96. The highest BCUT2D eigenvalue weighted by Gasteiger charge is 2.14. The van der Waals surface area contributed by atoms with Gasteiger partial charge in [0.15, 0.2) is 0 Å². The van der Waals surface area contributed by atoms with E-state index in [9.17, 15) is 0 Å². The lowest BCUT2D eigenvalue weighted by Gasteiger charge is -2.16. The topological polar surface area (TPSA) is 112 Å². The average molecular weight is 419 g/mol. The van der Waals surface area contributed by atoms with Gasteiger partial charge in [0.25, 0.3) is 0 Å². The molecule has 0 unspecified atom stereocenters. The van der Waals surface area contributed by atoms with E-state index in [2.05, 4.69) is 22.2 Å². The minimum absolute atomic E-state index is 0.00619. The molecule has 2 aromatic rings. The number of nitrogens with two attached hydrogens (primary N) is 1. The number of nitrogen functional groups attached to an aromatic ring is 1. The van der Waals surface area contributed by atoms with E-state index in [1.54, 1.807) is 7.11 Å². The van der Waals surface area contributed by atoms with E-state index < -0.39 is 0 Å². The summed E-state index contributed by atoms with van der Waals surface area (Å²) in [5.74, 6) is 2.48. The molecule has 0 saturated carbocycles. The summed E-state index contributed by atoms with van der Waals surface area (Å²) in [7, 11) is 1.64. The summed E-state index contributed by atoms with van der Waals surface area (Å²) in [5.41, 5.74) is 8.74. The predicted molar refractivity (Wildman–Crippen MR) is 118 cm³/mol. The molecule has 0 radical (unpaired) electrons. The first kappa shape index (κ1) is 23.7. The molecule has 166 valence electrons. The molecule has 30 heavy (non-hydrogen) atoms. The Morgan fingerprint density at radius 1 is 1.13 bits per heavy atom. The molecular formula is C22H34N4O4. The van der Waals surface area contributed by atoms with Gasteiger partial charge in [-0.2, -0.15) is 4.98 Å². The minimum Gasteiger partial charge on any atom is -0.496 e. The maximum absolute atomic E-state index is 8.73. The fourth-order valence-corrected chi connectivity index (χ4v) is 3.09. The Kier molecular flexibility index (Phi) is 10.2. The van der Waals surface area contributed by atoms with Crippen LogP contribution in [0.15, 0.2) is 18.2 Å². The van der Waals surface area contributed by atoms with Crippen LogP contribution in [0.1, 0.15) is 43.0 Å². The lowest BCUT2D eigenvalue weighted by atomic mass is 10.0. The van der Waals surface area contributed by atoms with Crippen molar-refractivity contribution >= 4 is 11.8 Å². The maximum atomic E-state index is 8.73. The van der Waals surface area contributed by atoms with Crippen molar-refractivity contribution in [1.29, 1.82) is 0 Å². The maximum Gasteiger partial charge on any atom is 0.222 e. The zero-order chi connectivity index (χ0) is 21.8. The summed E-state index contributed by atoms with van der Waals surface area (Å²) < 4.78 is 16.5. The number of rotatable bonds is 14. The van der Waals surface area contributed by atoms with Crippen LogP contribution in [0.2, 0.25) is 0 Å². The third-order valence-corrected chi connectivity index (χ3v) is 4.66. The van der Waals surface area contributed by atoms with Crippen molar-refractivity contribution in [1.82, 2.24) is 9.97 Å². The molecule has 8 nitrogen and oxygen atoms in total. The average Bonchev–Trinajstić information content (AvgIpc) is 2.73. The van der Waals surface area contributed by atoms with Gasteiger partial charge in [-0.3, -0.25) is 0 Å². The first-order valence-corrected chi connectivity index (χ1v) is 10.4. The number of nitrogens with zero attached hydrogens (tertiary/aromatic N) is 2. The number of hydrogen-bond donors (Lipinski definition) is 3. The fraction of sp³-hybridized carbons (Fsp3) is 0.545. The zero-order valence-electron chi connectivity index (χ0n) is 18.2. The highest BCUT2D eigenvalue weighted by Crippen LogP contribution is 2.29. The molecule has 0 fully saturated rings. The van der Waals surface area contributed by atoms with Crippen molar-refractivity contribution in [3.05, 3.63) is 35.0 Å². The summed E-state index contributed by atoms with van der Waals surface area (Å²) in [5, 5.41) is 12.1. The molecular weight excluding hydrogens is 384 g/mol. The zero-order valence-corrected chi connectivity index (χ0v) is 18.2. The standard InChI is InChI=1S/C22H34N4O4/c1-4-5-6-9-24-21-19(16(2)25-22(23)26-21)14-17-7-8-18(15-20(17)28-3)30-13-12-29-11-10-27/h7-8,15,27H,4-6,9-14H2,1-3H3,(H3,23,24,25,26). The van der Waals surface area contributed by atoms with E-state index in [1.165, 1.54) is 12.8 Å². The molecule has 4 N–H and O–H groups in total. The number of methoxy groups -OCH3 is 1. The van der Waals surface area contributed by atoms with E-state index in [0.29, 0.717) is 32.0 Å². The van der Waals surface area contributed by atoms with Crippen LogP contribution in [-0.2, 0) is 11.2 Å². The van der Waals surface area contributed by atoms with E-state index in [4.69, 9.17) is 25.1 Å². The van der Waals surface area contributed by atoms with E-state index >= 15 is 0 Å². The van der Waals surface area contributed by atoms with Crippen LogP contribution in [-0.4, -0.2) is 55.2 Å². The molecule has 1 heterocycles. The number of anilines is 2.